The molecule has 4 nitrogen and oxygen atoms in total. The monoisotopic (exact) mass is 283 g/mol. The summed E-state index contributed by atoms with van der Waals surface area (Å²) < 4.78 is 17.0. The van der Waals surface area contributed by atoms with Crippen molar-refractivity contribution in [3.05, 3.63) is 11.4 Å². The molecule has 1 aliphatic heterocycles. The molecule has 2 radical (unpaired) electrons. The van der Waals surface area contributed by atoms with E-state index in [1.807, 2.05) is 6.66 Å². The second-order valence-corrected chi connectivity index (χ2v) is 6.30. The molecule has 0 bridgehead atoms. The number of rotatable bonds is 8. The summed E-state index contributed by atoms with van der Waals surface area (Å²) in [6, 6.07) is -0.184. The topological polar surface area (TPSA) is 32.1 Å². The number of nitrogens with zero attached hydrogens (tertiary/aromatic N) is 1. The average molecular weight is 283 g/mol. The van der Waals surface area contributed by atoms with Gasteiger partial charge >= 0.3 is 0 Å². The molecule has 19 heavy (non-hydrogen) atoms. The molecule has 0 N–H and O–H groups in total. The highest BCUT2D eigenvalue weighted by molar-refractivity contribution is 7.46. The second kappa shape index (κ2) is 8.92. The molecular formula is C13H23BNO3P. The highest BCUT2D eigenvalue weighted by Gasteiger charge is 2.38. The predicted octanol–water partition coefficient (Wildman–Crippen LogP) is 2.83. The SMILES string of the molecule is [B][C@@H]1O[C@H](CCC)C(COP(C)OCC[N+]#[C-])[C@@H]1C. The van der Waals surface area contributed by atoms with Gasteiger partial charge in [-0.2, -0.15) is 0 Å². The largest absolute Gasteiger partial charge is 0.384 e. The van der Waals surface area contributed by atoms with E-state index in [2.05, 4.69) is 18.7 Å². The average Bonchev–Trinajstić information content (AvgIpc) is 2.64. The molecule has 0 amide bonds. The third-order valence-corrected chi connectivity index (χ3v) is 4.56. The lowest BCUT2D eigenvalue weighted by Crippen LogP contribution is -2.24. The molecule has 0 aromatic heterocycles. The van der Waals surface area contributed by atoms with Gasteiger partial charge in [-0.1, -0.05) is 20.3 Å². The third-order valence-electron chi connectivity index (χ3n) is 3.50. The summed E-state index contributed by atoms with van der Waals surface area (Å²) in [7, 11) is 5.05. The predicted molar refractivity (Wildman–Crippen MR) is 78.2 cm³/mol. The van der Waals surface area contributed by atoms with Gasteiger partial charge in [0.25, 0.3) is 0 Å². The summed E-state index contributed by atoms with van der Waals surface area (Å²) in [5, 5.41) is 0. The summed E-state index contributed by atoms with van der Waals surface area (Å²) in [4.78, 5) is 3.25. The van der Waals surface area contributed by atoms with Gasteiger partial charge in [0.1, 0.15) is 14.5 Å². The fourth-order valence-corrected chi connectivity index (χ4v) is 3.07. The first-order valence-electron chi connectivity index (χ1n) is 6.84. The molecule has 0 aliphatic carbocycles. The van der Waals surface area contributed by atoms with Crippen LogP contribution in [-0.4, -0.2) is 46.4 Å². The minimum absolute atomic E-state index is 0.184. The van der Waals surface area contributed by atoms with Crippen LogP contribution in [0.15, 0.2) is 0 Å². The lowest BCUT2D eigenvalue weighted by Gasteiger charge is -2.22. The van der Waals surface area contributed by atoms with Gasteiger partial charge in [0.2, 0.25) is 6.54 Å². The van der Waals surface area contributed by atoms with Crippen molar-refractivity contribution in [2.75, 3.05) is 26.4 Å². The van der Waals surface area contributed by atoms with E-state index in [1.165, 1.54) is 0 Å². The van der Waals surface area contributed by atoms with Crippen molar-refractivity contribution >= 4 is 16.2 Å². The normalized spacial score (nSPS) is 32.1. The fourth-order valence-electron chi connectivity index (χ4n) is 2.28. The Labute approximate surface area is 119 Å². The summed E-state index contributed by atoms with van der Waals surface area (Å²) in [6.07, 6.45) is 2.30. The Balaban J connectivity index is 2.34. The molecule has 0 aromatic rings. The standard InChI is InChI=1S/C13H23BNO3P/c1-5-6-12-11(10(2)13(14)18-12)9-17-19(4)16-8-7-15-3/h10-13H,5-9H2,1-2,4H3/t10-,11?,12+,13+,19?/m0/s1. The smallest absolute Gasteiger partial charge is 0.238 e. The van der Waals surface area contributed by atoms with Crippen LogP contribution in [0.3, 0.4) is 0 Å². The van der Waals surface area contributed by atoms with Crippen LogP contribution in [0, 0.1) is 18.4 Å². The van der Waals surface area contributed by atoms with Gasteiger partial charge in [-0.15, -0.1) is 0 Å². The van der Waals surface area contributed by atoms with Crippen molar-refractivity contribution in [3.8, 4) is 0 Å². The summed E-state index contributed by atoms with van der Waals surface area (Å²) in [5.74, 6) is 0.646. The Morgan fingerprint density at radius 3 is 2.79 bits per heavy atom. The van der Waals surface area contributed by atoms with Crippen LogP contribution in [-0.2, 0) is 13.8 Å². The second-order valence-electron chi connectivity index (χ2n) is 4.90. The zero-order chi connectivity index (χ0) is 14.3. The van der Waals surface area contributed by atoms with Crippen LogP contribution < -0.4 is 0 Å². The number of hydrogen-bond acceptors (Lipinski definition) is 3. The van der Waals surface area contributed by atoms with E-state index in [0.29, 0.717) is 31.6 Å². The minimum Gasteiger partial charge on any atom is -0.384 e. The van der Waals surface area contributed by atoms with Gasteiger partial charge in [-0.25, -0.2) is 6.57 Å². The Morgan fingerprint density at radius 2 is 2.16 bits per heavy atom. The maximum atomic E-state index is 6.69. The molecule has 1 heterocycles. The molecule has 0 spiro atoms. The zero-order valence-electron chi connectivity index (χ0n) is 12.0. The van der Waals surface area contributed by atoms with Crippen molar-refractivity contribution in [1.82, 2.24) is 0 Å². The molecule has 0 saturated carbocycles. The molecule has 0 aromatic carbocycles. The van der Waals surface area contributed by atoms with E-state index < -0.39 is 8.38 Å². The maximum Gasteiger partial charge on any atom is 0.238 e. The van der Waals surface area contributed by atoms with E-state index in [4.69, 9.17) is 28.2 Å². The van der Waals surface area contributed by atoms with Crippen LogP contribution in [0.5, 0.6) is 0 Å². The van der Waals surface area contributed by atoms with E-state index >= 15 is 0 Å². The van der Waals surface area contributed by atoms with Gasteiger partial charge in [-0.05, 0) is 12.3 Å². The fraction of sp³-hybridized carbons (Fsp3) is 0.923. The van der Waals surface area contributed by atoms with Gasteiger partial charge in [0.05, 0.1) is 12.7 Å². The molecule has 106 valence electrons. The molecular weight excluding hydrogens is 260 g/mol. The maximum absolute atomic E-state index is 6.69. The van der Waals surface area contributed by atoms with E-state index in [9.17, 15) is 0 Å². The molecule has 1 aliphatic rings. The van der Waals surface area contributed by atoms with Crippen LogP contribution in [0.1, 0.15) is 26.7 Å². The van der Waals surface area contributed by atoms with Crippen LogP contribution in [0.2, 0.25) is 0 Å². The molecule has 1 saturated heterocycles. The zero-order valence-corrected chi connectivity index (χ0v) is 12.9. The van der Waals surface area contributed by atoms with Crippen molar-refractivity contribution in [2.24, 2.45) is 11.8 Å². The highest BCUT2D eigenvalue weighted by atomic mass is 31.2. The van der Waals surface area contributed by atoms with E-state index in [0.717, 1.165) is 12.8 Å². The Bertz CT molecular complexity index is 300. The number of ether oxygens (including phenoxy) is 1. The molecule has 6 heteroatoms. The summed E-state index contributed by atoms with van der Waals surface area (Å²) in [6.45, 7) is 14.3. The van der Waals surface area contributed by atoms with Gasteiger partial charge in [-0.3, -0.25) is 0 Å². The summed E-state index contributed by atoms with van der Waals surface area (Å²) >= 11 is 0. The first-order valence-corrected chi connectivity index (χ1v) is 8.46. The van der Waals surface area contributed by atoms with Crippen molar-refractivity contribution in [2.45, 2.75) is 38.8 Å². The molecule has 5 atom stereocenters. The lowest BCUT2D eigenvalue weighted by atomic mass is 9.81. The minimum atomic E-state index is -0.910. The first kappa shape index (κ1) is 16.9. The van der Waals surface area contributed by atoms with E-state index in [1.54, 1.807) is 0 Å². The van der Waals surface area contributed by atoms with Crippen LogP contribution in [0.25, 0.3) is 4.85 Å². The first-order chi connectivity index (χ1) is 9.10. The highest BCUT2D eigenvalue weighted by Crippen LogP contribution is 2.39. The van der Waals surface area contributed by atoms with Gasteiger partial charge in [0, 0.05) is 18.6 Å². The Hall–Kier alpha value is -0.135. The molecule has 2 unspecified atom stereocenters. The van der Waals surface area contributed by atoms with Gasteiger partial charge in [0.15, 0.2) is 8.38 Å². The lowest BCUT2D eigenvalue weighted by molar-refractivity contribution is 0.0536. The molecule has 1 rings (SSSR count). The number of hydrogen-bond donors (Lipinski definition) is 0. The quantitative estimate of drug-likeness (QED) is 0.297. The van der Waals surface area contributed by atoms with Crippen molar-refractivity contribution in [1.29, 1.82) is 0 Å². The Kier molecular flexibility index (Phi) is 7.94. The Morgan fingerprint density at radius 1 is 1.42 bits per heavy atom. The van der Waals surface area contributed by atoms with Crippen molar-refractivity contribution in [3.63, 3.8) is 0 Å². The van der Waals surface area contributed by atoms with Crippen LogP contribution in [0.4, 0.5) is 0 Å². The molecule has 1 fully saturated rings. The van der Waals surface area contributed by atoms with Crippen LogP contribution >= 0.6 is 8.38 Å². The van der Waals surface area contributed by atoms with E-state index in [-0.39, 0.29) is 12.1 Å². The van der Waals surface area contributed by atoms with Crippen molar-refractivity contribution < 1.29 is 13.8 Å². The third kappa shape index (κ3) is 5.40. The van der Waals surface area contributed by atoms with Gasteiger partial charge < -0.3 is 18.6 Å². The summed E-state index contributed by atoms with van der Waals surface area (Å²) in [5.41, 5.74) is 0.